The van der Waals surface area contributed by atoms with E-state index in [1.807, 2.05) is 0 Å². The summed E-state index contributed by atoms with van der Waals surface area (Å²) in [5.41, 5.74) is -0.338. The van der Waals surface area contributed by atoms with E-state index in [2.05, 4.69) is 0 Å². The van der Waals surface area contributed by atoms with Gasteiger partial charge in [-0.3, -0.25) is 4.79 Å². The molecule has 0 spiro atoms. The Bertz CT molecular complexity index is 1090. The molecule has 0 unspecified atom stereocenters. The molecule has 0 atom stereocenters. The van der Waals surface area contributed by atoms with Crippen LogP contribution < -0.4 is 10.2 Å². The van der Waals surface area contributed by atoms with Crippen molar-refractivity contribution in [1.29, 1.82) is 0 Å². The highest BCUT2D eigenvalue weighted by Gasteiger charge is 2.38. The van der Waals surface area contributed by atoms with Gasteiger partial charge in [0.25, 0.3) is 0 Å². The Labute approximate surface area is 140 Å². The fraction of sp³-hybridized carbons (Fsp3) is 0.211. The van der Waals surface area contributed by atoms with Gasteiger partial charge in [0.1, 0.15) is 16.9 Å². The van der Waals surface area contributed by atoms with Crippen LogP contribution in [0.2, 0.25) is 0 Å². The Balaban J connectivity index is 2.16. The summed E-state index contributed by atoms with van der Waals surface area (Å²) in [5, 5.41) is 0.175. The van der Waals surface area contributed by atoms with E-state index in [9.17, 15) is 18.0 Å². The van der Waals surface area contributed by atoms with Gasteiger partial charge in [0.15, 0.2) is 0 Å². The largest absolute Gasteiger partial charge is 0.497 e. The van der Waals surface area contributed by atoms with E-state index >= 15 is 0 Å². The Morgan fingerprint density at radius 3 is 2.60 bits per heavy atom. The standard InChI is InChI=1S/C19H13F3O3/c1-24-11-6-8-14-12(9-11)18(23)17-15(25-14)7-5-10-3-2-4-13(16(10)17)19(20,21)22/h4-9H,2-3H2,1H3. The molecule has 25 heavy (non-hydrogen) atoms. The molecule has 0 radical (unpaired) electrons. The molecule has 6 heteroatoms. The van der Waals surface area contributed by atoms with Gasteiger partial charge in [-0.05, 0) is 42.7 Å². The number of allylic oxidation sites excluding steroid dienone is 2. The van der Waals surface area contributed by atoms with Crippen LogP contribution in [0.4, 0.5) is 13.2 Å². The maximum Gasteiger partial charge on any atom is 0.416 e. The Morgan fingerprint density at radius 2 is 1.88 bits per heavy atom. The first-order valence-corrected chi connectivity index (χ1v) is 7.74. The Morgan fingerprint density at radius 1 is 1.12 bits per heavy atom. The summed E-state index contributed by atoms with van der Waals surface area (Å²) in [4.78, 5) is 13.0. The van der Waals surface area contributed by atoms with Gasteiger partial charge < -0.3 is 9.15 Å². The monoisotopic (exact) mass is 346 g/mol. The van der Waals surface area contributed by atoms with Crippen LogP contribution in [0.15, 0.2) is 45.6 Å². The molecule has 0 N–H and O–H groups in total. The van der Waals surface area contributed by atoms with Gasteiger partial charge in [-0.2, -0.15) is 13.2 Å². The Hall–Kier alpha value is -2.76. The van der Waals surface area contributed by atoms with Crippen molar-refractivity contribution in [3.05, 3.63) is 57.8 Å². The van der Waals surface area contributed by atoms with Gasteiger partial charge in [0.2, 0.25) is 5.43 Å². The number of aryl methyl sites for hydroxylation is 1. The summed E-state index contributed by atoms with van der Waals surface area (Å²) in [5.74, 6) is 0.440. The minimum atomic E-state index is -4.53. The minimum absolute atomic E-state index is 0.0264. The lowest BCUT2D eigenvalue weighted by Gasteiger charge is -2.21. The molecule has 1 aliphatic carbocycles. The van der Waals surface area contributed by atoms with E-state index in [0.29, 0.717) is 29.7 Å². The average Bonchev–Trinajstić information content (AvgIpc) is 2.60. The molecule has 0 fully saturated rings. The third kappa shape index (κ3) is 2.40. The molecular formula is C19H13F3O3. The average molecular weight is 346 g/mol. The molecule has 128 valence electrons. The van der Waals surface area contributed by atoms with E-state index in [4.69, 9.17) is 9.15 Å². The van der Waals surface area contributed by atoms with Crippen LogP contribution in [0.5, 0.6) is 5.75 Å². The van der Waals surface area contributed by atoms with Crippen LogP contribution in [-0.4, -0.2) is 13.3 Å². The number of hydrogen-bond acceptors (Lipinski definition) is 3. The predicted molar refractivity (Wildman–Crippen MR) is 88.9 cm³/mol. The number of alkyl halides is 3. The smallest absolute Gasteiger partial charge is 0.416 e. The van der Waals surface area contributed by atoms with Gasteiger partial charge in [0, 0.05) is 5.56 Å². The topological polar surface area (TPSA) is 39.4 Å². The third-order valence-corrected chi connectivity index (χ3v) is 4.47. The van der Waals surface area contributed by atoms with E-state index < -0.39 is 17.2 Å². The van der Waals surface area contributed by atoms with E-state index in [1.54, 1.807) is 24.3 Å². The summed E-state index contributed by atoms with van der Waals surface area (Å²) in [6.45, 7) is 0. The number of fused-ring (bicyclic) bond motifs is 4. The van der Waals surface area contributed by atoms with Crippen molar-refractivity contribution < 1.29 is 22.3 Å². The van der Waals surface area contributed by atoms with Gasteiger partial charge in [0.05, 0.1) is 23.5 Å². The van der Waals surface area contributed by atoms with Crippen molar-refractivity contribution >= 4 is 27.5 Å². The SMILES string of the molecule is COc1ccc2oc3ccc4c(c3c(=O)c2c1)C(C(F)(F)F)=CCC4. The second-order valence-electron chi connectivity index (χ2n) is 5.92. The van der Waals surface area contributed by atoms with Crippen molar-refractivity contribution in [2.75, 3.05) is 7.11 Å². The number of rotatable bonds is 1. The molecule has 0 bridgehead atoms. The highest BCUT2D eigenvalue weighted by Crippen LogP contribution is 2.41. The molecule has 2 aromatic carbocycles. The van der Waals surface area contributed by atoms with Crippen LogP contribution in [-0.2, 0) is 6.42 Å². The maximum atomic E-state index is 13.5. The van der Waals surface area contributed by atoms with E-state index in [-0.39, 0.29) is 21.9 Å². The van der Waals surface area contributed by atoms with Crippen LogP contribution in [0.25, 0.3) is 27.5 Å². The van der Waals surface area contributed by atoms with Crippen molar-refractivity contribution in [2.24, 2.45) is 0 Å². The van der Waals surface area contributed by atoms with Crippen LogP contribution in [0, 0.1) is 0 Å². The first-order valence-electron chi connectivity index (χ1n) is 7.74. The molecular weight excluding hydrogens is 333 g/mol. The molecule has 1 aliphatic rings. The van der Waals surface area contributed by atoms with E-state index in [1.165, 1.54) is 13.2 Å². The number of methoxy groups -OCH3 is 1. The molecule has 0 amide bonds. The van der Waals surface area contributed by atoms with Gasteiger partial charge >= 0.3 is 6.18 Å². The lowest BCUT2D eigenvalue weighted by Crippen LogP contribution is -2.18. The molecule has 1 heterocycles. The molecule has 4 rings (SSSR count). The Kier molecular flexibility index (Phi) is 3.39. The fourth-order valence-corrected chi connectivity index (χ4v) is 3.34. The zero-order valence-corrected chi connectivity index (χ0v) is 13.2. The van der Waals surface area contributed by atoms with Crippen molar-refractivity contribution in [1.82, 2.24) is 0 Å². The second kappa shape index (κ2) is 5.37. The molecule has 0 aliphatic heterocycles. The lowest BCUT2D eigenvalue weighted by atomic mass is 9.87. The molecule has 0 saturated heterocycles. The zero-order chi connectivity index (χ0) is 17.8. The van der Waals surface area contributed by atoms with Gasteiger partial charge in [-0.1, -0.05) is 12.1 Å². The van der Waals surface area contributed by atoms with Crippen LogP contribution in [0.3, 0.4) is 0 Å². The minimum Gasteiger partial charge on any atom is -0.497 e. The predicted octanol–water partition coefficient (Wildman–Crippen LogP) is 4.85. The highest BCUT2D eigenvalue weighted by molar-refractivity contribution is 5.99. The van der Waals surface area contributed by atoms with Crippen LogP contribution >= 0.6 is 0 Å². The lowest BCUT2D eigenvalue weighted by molar-refractivity contribution is -0.0691. The zero-order valence-electron chi connectivity index (χ0n) is 13.2. The third-order valence-electron chi connectivity index (χ3n) is 4.47. The van der Waals surface area contributed by atoms with Crippen LogP contribution in [0.1, 0.15) is 17.5 Å². The molecule has 3 nitrogen and oxygen atoms in total. The van der Waals surface area contributed by atoms with Crippen molar-refractivity contribution in [3.8, 4) is 5.75 Å². The van der Waals surface area contributed by atoms with E-state index in [0.717, 1.165) is 6.08 Å². The number of halogens is 3. The molecule has 0 saturated carbocycles. The van der Waals surface area contributed by atoms with Gasteiger partial charge in [-0.15, -0.1) is 0 Å². The number of benzene rings is 2. The summed E-state index contributed by atoms with van der Waals surface area (Å²) in [7, 11) is 1.45. The summed E-state index contributed by atoms with van der Waals surface area (Å²) < 4.78 is 51.3. The number of hydrogen-bond donors (Lipinski definition) is 0. The quantitative estimate of drug-likeness (QED) is 0.592. The van der Waals surface area contributed by atoms with Crippen molar-refractivity contribution in [3.63, 3.8) is 0 Å². The highest BCUT2D eigenvalue weighted by atomic mass is 19.4. The number of ether oxygens (including phenoxy) is 1. The second-order valence-corrected chi connectivity index (χ2v) is 5.92. The summed E-state index contributed by atoms with van der Waals surface area (Å²) in [6, 6.07) is 7.87. The maximum absolute atomic E-state index is 13.5. The summed E-state index contributed by atoms with van der Waals surface area (Å²) >= 11 is 0. The molecule has 1 aromatic heterocycles. The normalized spacial score (nSPS) is 14.5. The fourth-order valence-electron chi connectivity index (χ4n) is 3.34. The van der Waals surface area contributed by atoms with Crippen molar-refractivity contribution in [2.45, 2.75) is 19.0 Å². The first kappa shape index (κ1) is 15.7. The first-order chi connectivity index (χ1) is 11.9. The summed E-state index contributed by atoms with van der Waals surface area (Å²) in [6.07, 6.45) is -2.63. The van der Waals surface area contributed by atoms with Gasteiger partial charge in [-0.25, -0.2) is 0 Å². The molecule has 3 aromatic rings.